The maximum Gasteiger partial charge on any atom is 0.331 e. The van der Waals surface area contributed by atoms with Crippen LogP contribution in [0.3, 0.4) is 0 Å². The van der Waals surface area contributed by atoms with Crippen LogP contribution in [0.5, 0.6) is 0 Å². The highest BCUT2D eigenvalue weighted by Gasteiger charge is 2.14. The summed E-state index contributed by atoms with van der Waals surface area (Å²) in [5.41, 5.74) is 2.71. The molecule has 17 heavy (non-hydrogen) atoms. The zero-order valence-corrected chi connectivity index (χ0v) is 11.2. The van der Waals surface area contributed by atoms with Gasteiger partial charge in [0, 0.05) is 6.08 Å². The predicted molar refractivity (Wildman–Crippen MR) is 70.7 cm³/mol. The summed E-state index contributed by atoms with van der Waals surface area (Å²) in [5, 5.41) is 0. The average molecular weight is 232 g/mol. The van der Waals surface area contributed by atoms with E-state index in [0.29, 0.717) is 0 Å². The third-order valence-corrected chi connectivity index (χ3v) is 2.21. The topological polar surface area (TPSA) is 26.3 Å². The second-order valence-corrected chi connectivity index (χ2v) is 5.23. The van der Waals surface area contributed by atoms with Gasteiger partial charge in [0.1, 0.15) is 5.60 Å². The van der Waals surface area contributed by atoms with E-state index in [1.165, 1.54) is 5.56 Å². The third-order valence-electron chi connectivity index (χ3n) is 2.21. The number of esters is 1. The molecule has 0 bridgehead atoms. The number of allylic oxidation sites excluding steroid dienone is 1. The van der Waals surface area contributed by atoms with Crippen molar-refractivity contribution in [2.45, 2.75) is 40.2 Å². The Balaban J connectivity index is 2.83. The largest absolute Gasteiger partial charge is 0.457 e. The van der Waals surface area contributed by atoms with Gasteiger partial charge >= 0.3 is 5.97 Å². The van der Waals surface area contributed by atoms with Crippen molar-refractivity contribution in [2.75, 3.05) is 0 Å². The first-order valence-electron chi connectivity index (χ1n) is 5.76. The van der Waals surface area contributed by atoms with E-state index >= 15 is 0 Å². The molecule has 1 aromatic rings. The summed E-state index contributed by atoms with van der Waals surface area (Å²) >= 11 is 0. The molecule has 0 saturated carbocycles. The number of aryl methyl sites for hydroxylation is 1. The quantitative estimate of drug-likeness (QED) is 0.573. The summed E-state index contributed by atoms with van der Waals surface area (Å²) in [5.74, 6) is -0.295. The van der Waals surface area contributed by atoms with Crippen LogP contribution >= 0.6 is 0 Å². The standard InChI is InChI=1S/C15H20O2/c1-11-7-6-8-13(9-11)12(2)10-14(16)17-15(3,4)5/h6-10H,1-5H3/b12-10+. The lowest BCUT2D eigenvalue weighted by Crippen LogP contribution is -2.22. The number of hydrogen-bond acceptors (Lipinski definition) is 2. The molecule has 0 spiro atoms. The maximum absolute atomic E-state index is 11.6. The van der Waals surface area contributed by atoms with E-state index in [-0.39, 0.29) is 5.97 Å². The first-order valence-corrected chi connectivity index (χ1v) is 5.76. The molecule has 0 saturated heterocycles. The Morgan fingerprint density at radius 3 is 2.47 bits per heavy atom. The highest BCUT2D eigenvalue weighted by atomic mass is 16.6. The van der Waals surface area contributed by atoms with Crippen LogP contribution in [-0.4, -0.2) is 11.6 Å². The molecule has 0 aliphatic rings. The van der Waals surface area contributed by atoms with Gasteiger partial charge in [0.15, 0.2) is 0 Å². The van der Waals surface area contributed by atoms with Crippen LogP contribution in [0.2, 0.25) is 0 Å². The molecule has 0 atom stereocenters. The van der Waals surface area contributed by atoms with Crippen molar-refractivity contribution in [2.24, 2.45) is 0 Å². The molecule has 0 amide bonds. The fourth-order valence-electron chi connectivity index (χ4n) is 1.48. The van der Waals surface area contributed by atoms with Crippen molar-refractivity contribution in [3.63, 3.8) is 0 Å². The molecule has 0 unspecified atom stereocenters. The monoisotopic (exact) mass is 232 g/mol. The number of carbonyl (C=O) groups is 1. The van der Waals surface area contributed by atoms with Crippen molar-refractivity contribution in [3.05, 3.63) is 41.5 Å². The summed E-state index contributed by atoms with van der Waals surface area (Å²) in [4.78, 5) is 11.6. The Bertz CT molecular complexity index is 436. The lowest BCUT2D eigenvalue weighted by molar-refractivity contribution is -0.148. The van der Waals surface area contributed by atoms with Gasteiger partial charge in [-0.15, -0.1) is 0 Å². The Morgan fingerprint density at radius 2 is 1.94 bits per heavy atom. The Labute approximate surface area is 103 Å². The lowest BCUT2D eigenvalue weighted by Gasteiger charge is -2.18. The summed E-state index contributed by atoms with van der Waals surface area (Å²) < 4.78 is 5.24. The molecule has 1 rings (SSSR count). The zero-order chi connectivity index (χ0) is 13.1. The van der Waals surface area contributed by atoms with Crippen LogP contribution < -0.4 is 0 Å². The van der Waals surface area contributed by atoms with Gasteiger partial charge in [0.25, 0.3) is 0 Å². The van der Waals surface area contributed by atoms with Crippen molar-refractivity contribution in [3.8, 4) is 0 Å². The van der Waals surface area contributed by atoms with Crippen molar-refractivity contribution in [1.82, 2.24) is 0 Å². The van der Waals surface area contributed by atoms with E-state index in [1.54, 1.807) is 6.08 Å². The van der Waals surface area contributed by atoms with E-state index in [9.17, 15) is 4.79 Å². The fourth-order valence-corrected chi connectivity index (χ4v) is 1.48. The Morgan fingerprint density at radius 1 is 1.29 bits per heavy atom. The van der Waals surface area contributed by atoms with Gasteiger partial charge in [-0.2, -0.15) is 0 Å². The van der Waals surface area contributed by atoms with Gasteiger partial charge in [-0.3, -0.25) is 0 Å². The molecule has 0 N–H and O–H groups in total. The summed E-state index contributed by atoms with van der Waals surface area (Å²) in [6.07, 6.45) is 1.54. The van der Waals surface area contributed by atoms with Gasteiger partial charge in [-0.1, -0.05) is 29.8 Å². The van der Waals surface area contributed by atoms with Crippen LogP contribution in [0.15, 0.2) is 30.3 Å². The van der Waals surface area contributed by atoms with E-state index in [2.05, 4.69) is 6.07 Å². The van der Waals surface area contributed by atoms with E-state index in [0.717, 1.165) is 11.1 Å². The molecule has 2 nitrogen and oxygen atoms in total. The molecule has 2 heteroatoms. The molecular formula is C15H20O2. The molecule has 0 aliphatic carbocycles. The van der Waals surface area contributed by atoms with Gasteiger partial charge in [0.2, 0.25) is 0 Å². The van der Waals surface area contributed by atoms with E-state index < -0.39 is 5.60 Å². The fraction of sp³-hybridized carbons (Fsp3) is 0.400. The third kappa shape index (κ3) is 4.85. The first-order chi connectivity index (χ1) is 7.78. The van der Waals surface area contributed by atoms with Crippen LogP contribution in [0.4, 0.5) is 0 Å². The Kier molecular flexibility index (Phi) is 4.11. The first kappa shape index (κ1) is 13.5. The number of benzene rings is 1. The van der Waals surface area contributed by atoms with Gasteiger partial charge in [0.05, 0.1) is 0 Å². The molecular weight excluding hydrogens is 212 g/mol. The molecule has 92 valence electrons. The van der Waals surface area contributed by atoms with Crippen LogP contribution in [-0.2, 0) is 9.53 Å². The average Bonchev–Trinajstić information content (AvgIpc) is 2.14. The Hall–Kier alpha value is -1.57. The molecule has 0 fully saturated rings. The second-order valence-electron chi connectivity index (χ2n) is 5.23. The van der Waals surface area contributed by atoms with Crippen LogP contribution in [0.1, 0.15) is 38.8 Å². The number of carbonyl (C=O) groups excluding carboxylic acids is 1. The molecule has 1 aromatic carbocycles. The van der Waals surface area contributed by atoms with E-state index in [1.807, 2.05) is 52.8 Å². The second kappa shape index (κ2) is 5.17. The van der Waals surface area contributed by atoms with Crippen molar-refractivity contribution < 1.29 is 9.53 Å². The number of hydrogen-bond donors (Lipinski definition) is 0. The normalized spacial score (nSPS) is 12.4. The maximum atomic E-state index is 11.6. The minimum atomic E-state index is -0.444. The van der Waals surface area contributed by atoms with Gasteiger partial charge in [-0.05, 0) is 45.8 Å². The van der Waals surface area contributed by atoms with Gasteiger partial charge < -0.3 is 4.74 Å². The number of rotatable bonds is 2. The minimum Gasteiger partial charge on any atom is -0.457 e. The summed E-state index contributed by atoms with van der Waals surface area (Å²) in [7, 11) is 0. The van der Waals surface area contributed by atoms with Crippen LogP contribution in [0, 0.1) is 6.92 Å². The van der Waals surface area contributed by atoms with Gasteiger partial charge in [-0.25, -0.2) is 4.79 Å². The van der Waals surface area contributed by atoms with Crippen molar-refractivity contribution in [1.29, 1.82) is 0 Å². The zero-order valence-electron chi connectivity index (χ0n) is 11.2. The molecule has 0 heterocycles. The van der Waals surface area contributed by atoms with Crippen molar-refractivity contribution >= 4 is 11.5 Å². The summed E-state index contributed by atoms with van der Waals surface area (Å²) in [6, 6.07) is 8.06. The van der Waals surface area contributed by atoms with Crippen LogP contribution in [0.25, 0.3) is 5.57 Å². The molecule has 0 aliphatic heterocycles. The SMILES string of the molecule is C/C(=C\C(=O)OC(C)(C)C)c1cccc(C)c1. The molecule has 0 aromatic heterocycles. The predicted octanol–water partition coefficient (Wildman–Crippen LogP) is 3.74. The van der Waals surface area contributed by atoms with E-state index in [4.69, 9.17) is 4.74 Å². The smallest absolute Gasteiger partial charge is 0.331 e. The lowest BCUT2D eigenvalue weighted by atomic mass is 10.0. The molecule has 0 radical (unpaired) electrons. The summed E-state index contributed by atoms with van der Waals surface area (Å²) in [6.45, 7) is 9.53. The minimum absolute atomic E-state index is 0.295. The number of ether oxygens (including phenoxy) is 1. The highest BCUT2D eigenvalue weighted by Crippen LogP contribution is 2.16. The highest BCUT2D eigenvalue weighted by molar-refractivity contribution is 5.91.